The van der Waals surface area contributed by atoms with E-state index in [0.717, 1.165) is 41.1 Å². The lowest BCUT2D eigenvalue weighted by Gasteiger charge is -2.20. The third kappa shape index (κ3) is 2.92. The molecule has 4 heteroatoms. The molecular weight excluding hydrogens is 351 g/mol. The first kappa shape index (κ1) is 17.5. The van der Waals surface area contributed by atoms with E-state index in [1.165, 1.54) is 29.2 Å². The van der Waals surface area contributed by atoms with Gasteiger partial charge in [-0.1, -0.05) is 24.3 Å². The number of ether oxygens (including phenoxy) is 1. The number of hydrogen-bond donors (Lipinski definition) is 0. The lowest BCUT2D eigenvalue weighted by Crippen LogP contribution is -2.12. The normalized spacial score (nSPS) is 16.1. The highest BCUT2D eigenvalue weighted by Crippen LogP contribution is 2.42. The lowest BCUT2D eigenvalue weighted by atomic mass is 9.85. The molecule has 0 unspecified atom stereocenters. The number of aromatic nitrogens is 2. The number of halogens is 1. The van der Waals surface area contributed by atoms with Gasteiger partial charge in [-0.2, -0.15) is 5.10 Å². The van der Waals surface area contributed by atoms with Crippen molar-refractivity contribution in [3.63, 3.8) is 0 Å². The summed E-state index contributed by atoms with van der Waals surface area (Å²) in [6, 6.07) is 12.8. The number of nitrogens with zero attached hydrogens (tertiary/aromatic N) is 2. The van der Waals surface area contributed by atoms with E-state index in [2.05, 4.69) is 36.4 Å². The fourth-order valence-electron chi connectivity index (χ4n) is 4.17. The summed E-state index contributed by atoms with van der Waals surface area (Å²) >= 11 is 0. The van der Waals surface area contributed by atoms with Crippen molar-refractivity contribution in [1.82, 2.24) is 9.78 Å². The largest absolute Gasteiger partial charge is 0.496 e. The van der Waals surface area contributed by atoms with Crippen molar-refractivity contribution in [2.45, 2.75) is 19.4 Å². The molecule has 2 aliphatic carbocycles. The Labute approximate surface area is 165 Å². The van der Waals surface area contributed by atoms with E-state index in [0.29, 0.717) is 6.54 Å². The average Bonchev–Trinajstić information content (AvgIpc) is 3.36. The molecule has 1 heterocycles. The summed E-state index contributed by atoms with van der Waals surface area (Å²) < 4.78 is 20.9. The molecule has 2 aromatic carbocycles. The monoisotopic (exact) mass is 371 g/mol. The summed E-state index contributed by atoms with van der Waals surface area (Å²) in [5, 5.41) is 5.01. The van der Waals surface area contributed by atoms with Crippen molar-refractivity contribution < 1.29 is 9.13 Å². The highest BCUT2D eigenvalue weighted by atomic mass is 19.1. The van der Waals surface area contributed by atoms with Gasteiger partial charge in [0.1, 0.15) is 11.6 Å². The molecule has 1 fully saturated rings. The quantitative estimate of drug-likeness (QED) is 0.670. The molecule has 1 aromatic heterocycles. The summed E-state index contributed by atoms with van der Waals surface area (Å²) in [6.07, 6.45) is 10.2. The predicted molar refractivity (Wildman–Crippen MR) is 107 cm³/mol. The molecular formula is C24H20FN2O. The van der Waals surface area contributed by atoms with Crippen LogP contribution in [0.25, 0.3) is 11.3 Å². The third-order valence-electron chi connectivity index (χ3n) is 5.47. The van der Waals surface area contributed by atoms with Gasteiger partial charge in [-0.05, 0) is 62.3 Å². The molecule has 5 rings (SSSR count). The van der Waals surface area contributed by atoms with E-state index in [1.54, 1.807) is 7.11 Å². The van der Waals surface area contributed by atoms with E-state index < -0.39 is 0 Å². The minimum Gasteiger partial charge on any atom is -0.496 e. The standard InChI is InChI=1S/C24H20FN2O/c1-28-22-8-4-7-20-19(22)13-14-21-23(20)26-27(24(21)17-5-2-3-6-17)15-16-9-11-18(25)12-10-16/h2-12H,13-15H2,1H3. The van der Waals surface area contributed by atoms with Gasteiger partial charge in [0.25, 0.3) is 0 Å². The average molecular weight is 371 g/mol. The maximum absolute atomic E-state index is 13.3. The Hall–Kier alpha value is -2.62. The Balaban J connectivity index is 1.63. The van der Waals surface area contributed by atoms with Gasteiger partial charge >= 0.3 is 0 Å². The molecule has 0 spiro atoms. The Bertz CT molecular complexity index is 1000. The van der Waals surface area contributed by atoms with Gasteiger partial charge in [0.2, 0.25) is 0 Å². The van der Waals surface area contributed by atoms with E-state index in [1.807, 2.05) is 24.3 Å². The number of rotatable bonds is 4. The highest BCUT2D eigenvalue weighted by Gasteiger charge is 2.32. The first-order valence-electron chi connectivity index (χ1n) is 9.47. The fraction of sp³-hybridized carbons (Fsp3) is 0.167. The zero-order chi connectivity index (χ0) is 19.1. The molecule has 0 N–H and O–H groups in total. The Morgan fingerprint density at radius 3 is 2.50 bits per heavy atom. The molecule has 1 saturated carbocycles. The number of fused-ring (bicyclic) bond motifs is 3. The molecule has 0 amide bonds. The van der Waals surface area contributed by atoms with Gasteiger partial charge in [0.15, 0.2) is 0 Å². The smallest absolute Gasteiger partial charge is 0.123 e. The molecule has 139 valence electrons. The van der Waals surface area contributed by atoms with Crippen LogP contribution in [0.5, 0.6) is 5.75 Å². The molecule has 2 aliphatic rings. The topological polar surface area (TPSA) is 27.1 Å². The minimum absolute atomic E-state index is 0.221. The lowest BCUT2D eigenvalue weighted by molar-refractivity contribution is 0.409. The SMILES string of the molecule is COc1cccc2c1CCc1c-2nn(Cc2ccc(F)cc2)c1[C]1[CH][CH][CH][CH]1. The molecule has 0 atom stereocenters. The first-order valence-corrected chi connectivity index (χ1v) is 9.47. The molecule has 0 saturated heterocycles. The summed E-state index contributed by atoms with van der Waals surface area (Å²) in [7, 11) is 1.72. The zero-order valence-electron chi connectivity index (χ0n) is 15.7. The molecule has 28 heavy (non-hydrogen) atoms. The van der Waals surface area contributed by atoms with Crippen LogP contribution in [0.3, 0.4) is 0 Å². The second kappa shape index (κ2) is 7.08. The number of benzene rings is 2. The summed E-state index contributed by atoms with van der Waals surface area (Å²) in [4.78, 5) is 0. The van der Waals surface area contributed by atoms with Gasteiger partial charge in [-0.25, -0.2) is 4.39 Å². The van der Waals surface area contributed by atoms with E-state index in [4.69, 9.17) is 9.84 Å². The van der Waals surface area contributed by atoms with Gasteiger partial charge in [-0.3, -0.25) is 4.68 Å². The molecule has 5 radical (unpaired) electrons. The van der Waals surface area contributed by atoms with E-state index in [9.17, 15) is 4.39 Å². The minimum atomic E-state index is -0.221. The van der Waals surface area contributed by atoms with Crippen LogP contribution >= 0.6 is 0 Å². The van der Waals surface area contributed by atoms with Gasteiger partial charge < -0.3 is 4.74 Å². The van der Waals surface area contributed by atoms with Crippen molar-refractivity contribution in [2.75, 3.05) is 7.11 Å². The third-order valence-corrected chi connectivity index (χ3v) is 5.47. The molecule has 3 aromatic rings. The number of hydrogen-bond acceptors (Lipinski definition) is 2. The maximum Gasteiger partial charge on any atom is 0.123 e. The van der Waals surface area contributed by atoms with Crippen molar-refractivity contribution in [2.24, 2.45) is 0 Å². The summed E-state index contributed by atoms with van der Waals surface area (Å²) in [5.41, 5.74) is 6.84. The van der Waals surface area contributed by atoms with Crippen molar-refractivity contribution in [1.29, 1.82) is 0 Å². The Morgan fingerprint density at radius 2 is 1.75 bits per heavy atom. The summed E-state index contributed by atoms with van der Waals surface area (Å²) in [6.45, 7) is 0.604. The van der Waals surface area contributed by atoms with E-state index in [-0.39, 0.29) is 5.82 Å². The molecule has 0 bridgehead atoms. The Kier molecular flexibility index (Phi) is 4.42. The van der Waals surface area contributed by atoms with Crippen LogP contribution in [-0.4, -0.2) is 16.9 Å². The summed E-state index contributed by atoms with van der Waals surface area (Å²) in [5.74, 6) is 1.87. The maximum atomic E-state index is 13.3. The molecule has 0 aliphatic heterocycles. The predicted octanol–water partition coefficient (Wildman–Crippen LogP) is 4.60. The van der Waals surface area contributed by atoms with Crippen LogP contribution in [0.2, 0.25) is 0 Å². The first-order chi connectivity index (χ1) is 13.7. The van der Waals surface area contributed by atoms with Crippen LogP contribution in [0.15, 0.2) is 42.5 Å². The number of methoxy groups -OCH3 is 1. The van der Waals surface area contributed by atoms with Gasteiger partial charge in [0, 0.05) is 22.6 Å². The fourth-order valence-corrected chi connectivity index (χ4v) is 4.17. The van der Waals surface area contributed by atoms with Gasteiger partial charge in [-0.15, -0.1) is 0 Å². The van der Waals surface area contributed by atoms with Crippen molar-refractivity contribution in [3.8, 4) is 17.0 Å². The second-order valence-corrected chi connectivity index (χ2v) is 7.12. The zero-order valence-corrected chi connectivity index (χ0v) is 15.7. The van der Waals surface area contributed by atoms with Crippen LogP contribution in [0.4, 0.5) is 4.39 Å². The highest BCUT2D eigenvalue weighted by molar-refractivity contribution is 5.74. The van der Waals surface area contributed by atoms with Crippen LogP contribution in [0, 0.1) is 37.4 Å². The van der Waals surface area contributed by atoms with Crippen LogP contribution < -0.4 is 4.74 Å². The molecule has 3 nitrogen and oxygen atoms in total. The van der Waals surface area contributed by atoms with E-state index >= 15 is 0 Å². The Morgan fingerprint density at radius 1 is 1.00 bits per heavy atom. The van der Waals surface area contributed by atoms with Crippen molar-refractivity contribution in [3.05, 3.63) is 102 Å². The second-order valence-electron chi connectivity index (χ2n) is 7.12. The van der Waals surface area contributed by atoms with Gasteiger partial charge in [0.05, 0.1) is 25.0 Å². The van der Waals surface area contributed by atoms with Crippen molar-refractivity contribution >= 4 is 0 Å². The van der Waals surface area contributed by atoms with Crippen LogP contribution in [-0.2, 0) is 19.4 Å². The van der Waals surface area contributed by atoms with Crippen LogP contribution in [0.1, 0.15) is 22.4 Å².